The third kappa shape index (κ3) is 4.08. The molecule has 0 fully saturated rings. The summed E-state index contributed by atoms with van der Waals surface area (Å²) in [5.74, 6) is 1.79. The quantitative estimate of drug-likeness (QED) is 0.731. The van der Waals surface area contributed by atoms with Crippen molar-refractivity contribution in [1.29, 1.82) is 0 Å². The molecule has 0 amide bonds. The van der Waals surface area contributed by atoms with Gasteiger partial charge in [0.25, 0.3) is 0 Å². The lowest BCUT2D eigenvalue weighted by atomic mass is 10.1. The number of fused-ring (bicyclic) bond motifs is 1. The van der Waals surface area contributed by atoms with Gasteiger partial charge in [0.05, 0.1) is 6.04 Å². The highest BCUT2D eigenvalue weighted by Gasteiger charge is 2.11. The second-order valence-electron chi connectivity index (χ2n) is 5.54. The Morgan fingerprint density at radius 3 is 2.74 bits per heavy atom. The molecule has 0 aliphatic rings. The molecule has 0 bridgehead atoms. The highest BCUT2D eigenvalue weighted by atomic mass is 79.9. The van der Waals surface area contributed by atoms with Gasteiger partial charge >= 0.3 is 0 Å². The highest BCUT2D eigenvalue weighted by molar-refractivity contribution is 9.10. The molecule has 19 heavy (non-hydrogen) atoms. The summed E-state index contributed by atoms with van der Waals surface area (Å²) in [4.78, 5) is 0. The van der Waals surface area contributed by atoms with Crippen LogP contribution in [0.25, 0.3) is 11.0 Å². The Kier molecular flexibility index (Phi) is 5.06. The molecule has 2 aromatic rings. The number of halogens is 1. The molecule has 0 aliphatic heterocycles. The van der Waals surface area contributed by atoms with Crippen LogP contribution in [0.5, 0.6) is 0 Å². The molecule has 0 saturated carbocycles. The molecule has 1 heterocycles. The second kappa shape index (κ2) is 6.58. The van der Waals surface area contributed by atoms with Crippen molar-refractivity contribution in [2.75, 3.05) is 6.54 Å². The van der Waals surface area contributed by atoms with Gasteiger partial charge in [-0.05, 0) is 56.5 Å². The van der Waals surface area contributed by atoms with E-state index in [-0.39, 0.29) is 6.04 Å². The summed E-state index contributed by atoms with van der Waals surface area (Å²) in [5.41, 5.74) is 0.953. The average Bonchev–Trinajstić information content (AvgIpc) is 2.77. The molecule has 1 aromatic heterocycles. The van der Waals surface area contributed by atoms with Crippen LogP contribution in [0.1, 0.15) is 45.4 Å². The Morgan fingerprint density at radius 2 is 2.00 bits per heavy atom. The first-order valence-corrected chi connectivity index (χ1v) is 7.78. The van der Waals surface area contributed by atoms with Crippen molar-refractivity contribution in [3.63, 3.8) is 0 Å². The standard InChI is InChI=1S/C16H22BrNO/c1-11(2)5-4-8-18-12(3)16-10-13-9-14(17)6-7-15(13)19-16/h6-7,9-12,18H,4-5,8H2,1-3H3. The fourth-order valence-corrected chi connectivity index (χ4v) is 2.56. The van der Waals surface area contributed by atoms with Crippen molar-refractivity contribution in [3.8, 4) is 0 Å². The molecule has 1 atom stereocenters. The van der Waals surface area contributed by atoms with Gasteiger partial charge in [-0.15, -0.1) is 0 Å². The predicted molar refractivity (Wildman–Crippen MR) is 84.4 cm³/mol. The van der Waals surface area contributed by atoms with Gasteiger partial charge in [-0.1, -0.05) is 29.8 Å². The SMILES string of the molecule is CC(C)CCCNC(C)c1cc2cc(Br)ccc2o1. The van der Waals surface area contributed by atoms with Crippen LogP contribution in [0.4, 0.5) is 0 Å². The van der Waals surface area contributed by atoms with E-state index in [9.17, 15) is 0 Å². The Labute approximate surface area is 123 Å². The van der Waals surface area contributed by atoms with Crippen LogP contribution in [0.15, 0.2) is 33.2 Å². The highest BCUT2D eigenvalue weighted by Crippen LogP contribution is 2.26. The van der Waals surface area contributed by atoms with E-state index < -0.39 is 0 Å². The van der Waals surface area contributed by atoms with E-state index in [1.165, 1.54) is 12.8 Å². The summed E-state index contributed by atoms with van der Waals surface area (Å²) in [7, 11) is 0. The van der Waals surface area contributed by atoms with Crippen molar-refractivity contribution in [1.82, 2.24) is 5.32 Å². The van der Waals surface area contributed by atoms with Gasteiger partial charge in [0.2, 0.25) is 0 Å². The van der Waals surface area contributed by atoms with Crippen LogP contribution in [-0.4, -0.2) is 6.54 Å². The molecule has 0 radical (unpaired) electrons. The van der Waals surface area contributed by atoms with E-state index in [0.717, 1.165) is 33.7 Å². The van der Waals surface area contributed by atoms with Gasteiger partial charge in [-0.3, -0.25) is 0 Å². The molecule has 0 spiro atoms. The number of furan rings is 1. The molecular weight excluding hydrogens is 302 g/mol. The number of nitrogens with one attached hydrogen (secondary N) is 1. The molecule has 1 aromatic carbocycles. The Bertz CT molecular complexity index is 533. The summed E-state index contributed by atoms with van der Waals surface area (Å²) < 4.78 is 6.97. The van der Waals surface area contributed by atoms with Crippen LogP contribution >= 0.6 is 15.9 Å². The molecular formula is C16H22BrNO. The van der Waals surface area contributed by atoms with Crippen LogP contribution in [0.2, 0.25) is 0 Å². The van der Waals surface area contributed by atoms with Gasteiger partial charge in [-0.25, -0.2) is 0 Å². The van der Waals surface area contributed by atoms with Crippen LogP contribution in [-0.2, 0) is 0 Å². The van der Waals surface area contributed by atoms with Crippen LogP contribution in [0, 0.1) is 5.92 Å². The van der Waals surface area contributed by atoms with Gasteiger partial charge in [0.1, 0.15) is 11.3 Å². The Morgan fingerprint density at radius 1 is 1.21 bits per heavy atom. The first-order chi connectivity index (χ1) is 9.06. The van der Waals surface area contributed by atoms with Gasteiger partial charge in [-0.2, -0.15) is 0 Å². The zero-order valence-electron chi connectivity index (χ0n) is 11.9. The molecule has 0 aliphatic carbocycles. The lowest BCUT2D eigenvalue weighted by Crippen LogP contribution is -2.19. The lowest BCUT2D eigenvalue weighted by molar-refractivity contribution is 0.436. The monoisotopic (exact) mass is 323 g/mol. The van der Waals surface area contributed by atoms with E-state index in [0.29, 0.717) is 0 Å². The molecule has 104 valence electrons. The lowest BCUT2D eigenvalue weighted by Gasteiger charge is -2.11. The number of rotatable bonds is 6. The normalized spacial score (nSPS) is 13.3. The number of hydrogen-bond acceptors (Lipinski definition) is 2. The first kappa shape index (κ1) is 14.6. The van der Waals surface area contributed by atoms with Crippen molar-refractivity contribution in [3.05, 3.63) is 34.5 Å². The smallest absolute Gasteiger partial charge is 0.134 e. The fraction of sp³-hybridized carbons (Fsp3) is 0.500. The second-order valence-corrected chi connectivity index (χ2v) is 6.46. The van der Waals surface area contributed by atoms with E-state index >= 15 is 0 Å². The summed E-state index contributed by atoms with van der Waals surface area (Å²) in [6.45, 7) is 7.73. The van der Waals surface area contributed by atoms with Crippen molar-refractivity contribution in [2.24, 2.45) is 5.92 Å². The molecule has 3 heteroatoms. The summed E-state index contributed by atoms with van der Waals surface area (Å²) in [5, 5.41) is 4.68. The number of benzene rings is 1. The molecule has 1 unspecified atom stereocenters. The average molecular weight is 324 g/mol. The Balaban J connectivity index is 1.95. The Hall–Kier alpha value is -0.800. The summed E-state index contributed by atoms with van der Waals surface area (Å²) in [6.07, 6.45) is 2.49. The maximum Gasteiger partial charge on any atom is 0.134 e. The van der Waals surface area contributed by atoms with Crippen molar-refractivity contribution in [2.45, 2.75) is 39.7 Å². The topological polar surface area (TPSA) is 25.2 Å². The maximum absolute atomic E-state index is 5.88. The van der Waals surface area contributed by atoms with E-state index in [1.54, 1.807) is 0 Å². The zero-order valence-corrected chi connectivity index (χ0v) is 13.5. The third-order valence-electron chi connectivity index (χ3n) is 3.33. The first-order valence-electron chi connectivity index (χ1n) is 6.98. The van der Waals surface area contributed by atoms with E-state index in [1.807, 2.05) is 12.1 Å². The van der Waals surface area contributed by atoms with Crippen LogP contribution in [0.3, 0.4) is 0 Å². The largest absolute Gasteiger partial charge is 0.459 e. The van der Waals surface area contributed by atoms with E-state index in [4.69, 9.17) is 4.42 Å². The minimum Gasteiger partial charge on any atom is -0.459 e. The van der Waals surface area contributed by atoms with Gasteiger partial charge in [0, 0.05) is 9.86 Å². The van der Waals surface area contributed by atoms with Crippen LogP contribution < -0.4 is 5.32 Å². The third-order valence-corrected chi connectivity index (χ3v) is 3.83. The minimum atomic E-state index is 0.262. The maximum atomic E-state index is 5.88. The predicted octanol–water partition coefficient (Wildman–Crippen LogP) is 5.28. The molecule has 2 nitrogen and oxygen atoms in total. The molecule has 0 saturated heterocycles. The van der Waals surface area contributed by atoms with E-state index in [2.05, 4.69) is 54.2 Å². The number of hydrogen-bond donors (Lipinski definition) is 1. The molecule has 2 rings (SSSR count). The van der Waals surface area contributed by atoms with Crippen molar-refractivity contribution < 1.29 is 4.42 Å². The summed E-state index contributed by atoms with van der Waals surface area (Å²) in [6, 6.07) is 8.50. The van der Waals surface area contributed by atoms with Gasteiger partial charge < -0.3 is 9.73 Å². The fourth-order valence-electron chi connectivity index (χ4n) is 2.18. The van der Waals surface area contributed by atoms with Crippen molar-refractivity contribution >= 4 is 26.9 Å². The zero-order chi connectivity index (χ0) is 13.8. The minimum absolute atomic E-state index is 0.262. The van der Waals surface area contributed by atoms with Gasteiger partial charge in [0.15, 0.2) is 0 Å². The molecule has 1 N–H and O–H groups in total. The summed E-state index contributed by atoms with van der Waals surface area (Å²) >= 11 is 3.49.